The first-order valence-corrected chi connectivity index (χ1v) is 8.48. The molecule has 4 rings (SSSR count). The first kappa shape index (κ1) is 18.1. The van der Waals surface area contributed by atoms with Gasteiger partial charge < -0.3 is 19.7 Å². The van der Waals surface area contributed by atoms with Gasteiger partial charge in [0, 0.05) is 24.3 Å². The Morgan fingerprint density at radius 2 is 1.79 bits per heavy atom. The molecule has 0 aromatic heterocycles. The minimum absolute atomic E-state index is 0.0698. The fourth-order valence-electron chi connectivity index (χ4n) is 3.04. The number of rotatable bonds is 3. The molecule has 0 atom stereocenters. The van der Waals surface area contributed by atoms with Gasteiger partial charge in [0.05, 0.1) is 11.5 Å². The quantitative estimate of drug-likeness (QED) is 0.872. The Balaban J connectivity index is 1.35. The van der Waals surface area contributed by atoms with Gasteiger partial charge in [-0.25, -0.2) is 0 Å². The Morgan fingerprint density at radius 1 is 1.04 bits per heavy atom. The first-order chi connectivity index (χ1) is 13.3. The summed E-state index contributed by atoms with van der Waals surface area (Å²) in [4.78, 5) is 26.2. The van der Waals surface area contributed by atoms with E-state index in [0.29, 0.717) is 17.1 Å². The lowest BCUT2D eigenvalue weighted by Gasteiger charge is -2.38. The normalized spacial score (nSPS) is 15.9. The van der Waals surface area contributed by atoms with Gasteiger partial charge in [0.25, 0.3) is 5.91 Å². The van der Waals surface area contributed by atoms with Crippen molar-refractivity contribution in [2.24, 2.45) is 5.92 Å². The number of ether oxygens (including phenoxy) is 2. The number of likely N-dealkylation sites (tertiary alicyclic amines) is 1. The maximum atomic E-state index is 12.8. The number of carbonyl (C=O) groups is 2. The van der Waals surface area contributed by atoms with Crippen molar-refractivity contribution in [1.82, 2.24) is 4.90 Å². The van der Waals surface area contributed by atoms with Crippen molar-refractivity contribution in [1.29, 1.82) is 0 Å². The average Bonchev–Trinajstić information content (AvgIpc) is 3.07. The van der Waals surface area contributed by atoms with Gasteiger partial charge in [-0.05, 0) is 36.4 Å². The molecule has 1 fully saturated rings. The summed E-state index contributed by atoms with van der Waals surface area (Å²) in [5.41, 5.74) is -0.347. The summed E-state index contributed by atoms with van der Waals surface area (Å²) in [6, 6.07) is 9.28. The van der Waals surface area contributed by atoms with Gasteiger partial charge in [-0.15, -0.1) is 0 Å². The predicted octanol–water partition coefficient (Wildman–Crippen LogP) is 3.14. The monoisotopic (exact) mass is 392 g/mol. The summed E-state index contributed by atoms with van der Waals surface area (Å²) >= 11 is 0. The number of alkyl halides is 3. The highest BCUT2D eigenvalue weighted by Gasteiger charge is 2.37. The Morgan fingerprint density at radius 3 is 2.54 bits per heavy atom. The minimum Gasteiger partial charge on any atom is -0.454 e. The predicted molar refractivity (Wildman–Crippen MR) is 92.0 cm³/mol. The van der Waals surface area contributed by atoms with Crippen molar-refractivity contribution in [3.63, 3.8) is 0 Å². The van der Waals surface area contributed by atoms with Crippen LogP contribution in [0.3, 0.4) is 0 Å². The van der Waals surface area contributed by atoms with Gasteiger partial charge in [-0.1, -0.05) is 6.07 Å². The molecule has 2 aromatic rings. The van der Waals surface area contributed by atoms with Crippen molar-refractivity contribution < 1.29 is 32.2 Å². The molecule has 6 nitrogen and oxygen atoms in total. The Bertz CT molecular complexity index is 939. The molecule has 0 aliphatic carbocycles. The van der Waals surface area contributed by atoms with Crippen molar-refractivity contribution >= 4 is 17.5 Å². The molecule has 2 heterocycles. The third-order valence-corrected chi connectivity index (χ3v) is 4.62. The van der Waals surface area contributed by atoms with E-state index in [2.05, 4.69) is 5.32 Å². The van der Waals surface area contributed by atoms with E-state index in [-0.39, 0.29) is 31.5 Å². The van der Waals surface area contributed by atoms with Crippen LogP contribution in [-0.4, -0.2) is 36.6 Å². The Kier molecular flexibility index (Phi) is 4.37. The summed E-state index contributed by atoms with van der Waals surface area (Å²) in [7, 11) is 0. The van der Waals surface area contributed by atoms with Gasteiger partial charge in [0.2, 0.25) is 12.7 Å². The van der Waals surface area contributed by atoms with E-state index < -0.39 is 23.6 Å². The number of hydrogen-bond acceptors (Lipinski definition) is 4. The second kappa shape index (κ2) is 6.74. The van der Waals surface area contributed by atoms with Crippen LogP contribution >= 0.6 is 0 Å². The summed E-state index contributed by atoms with van der Waals surface area (Å²) in [5.74, 6) is -0.0910. The van der Waals surface area contributed by atoms with Crippen molar-refractivity contribution in [3.8, 4) is 11.5 Å². The highest BCUT2D eigenvalue weighted by molar-refractivity contribution is 5.99. The third kappa shape index (κ3) is 3.47. The summed E-state index contributed by atoms with van der Waals surface area (Å²) < 4.78 is 48.7. The molecular weight excluding hydrogens is 377 g/mol. The maximum Gasteiger partial charge on any atom is 0.416 e. The molecule has 28 heavy (non-hydrogen) atoms. The second-order valence-electron chi connectivity index (χ2n) is 6.54. The topological polar surface area (TPSA) is 67.9 Å². The Labute approximate surface area is 157 Å². The zero-order chi connectivity index (χ0) is 19.9. The number of benzene rings is 2. The van der Waals surface area contributed by atoms with E-state index in [1.807, 2.05) is 0 Å². The molecule has 1 N–H and O–H groups in total. The smallest absolute Gasteiger partial charge is 0.416 e. The van der Waals surface area contributed by atoms with Gasteiger partial charge in [-0.2, -0.15) is 13.2 Å². The van der Waals surface area contributed by atoms with E-state index in [4.69, 9.17) is 9.47 Å². The van der Waals surface area contributed by atoms with Gasteiger partial charge in [0.15, 0.2) is 11.5 Å². The van der Waals surface area contributed by atoms with E-state index in [1.54, 1.807) is 18.2 Å². The fourth-order valence-corrected chi connectivity index (χ4v) is 3.04. The standard InChI is InChI=1S/C19H15F3N2O4/c20-19(21,22)13-2-1-3-14(7-13)23-17(25)12-8-24(9-12)18(26)11-4-5-15-16(6-11)28-10-27-15/h1-7,12H,8-10H2,(H,23,25). The molecule has 0 radical (unpaired) electrons. The molecule has 0 bridgehead atoms. The zero-order valence-corrected chi connectivity index (χ0v) is 14.5. The molecule has 1 saturated heterocycles. The average molecular weight is 392 g/mol. The van der Waals surface area contributed by atoms with Crippen LogP contribution in [0.2, 0.25) is 0 Å². The number of nitrogens with zero attached hydrogens (tertiary/aromatic N) is 1. The van der Waals surface area contributed by atoms with Crippen molar-refractivity contribution in [2.45, 2.75) is 6.18 Å². The van der Waals surface area contributed by atoms with Gasteiger partial charge >= 0.3 is 6.18 Å². The van der Waals surface area contributed by atoms with Crippen molar-refractivity contribution in [2.75, 3.05) is 25.2 Å². The lowest BCUT2D eigenvalue weighted by molar-refractivity contribution is -0.137. The Hall–Kier alpha value is -3.23. The molecule has 9 heteroatoms. The molecule has 146 valence electrons. The molecule has 2 aliphatic rings. The zero-order valence-electron chi connectivity index (χ0n) is 14.5. The largest absolute Gasteiger partial charge is 0.454 e. The lowest BCUT2D eigenvalue weighted by Crippen LogP contribution is -2.54. The first-order valence-electron chi connectivity index (χ1n) is 8.48. The van der Waals surface area contributed by atoms with E-state index in [9.17, 15) is 22.8 Å². The number of anilines is 1. The number of halogens is 3. The van der Waals surface area contributed by atoms with Crippen LogP contribution in [0.1, 0.15) is 15.9 Å². The summed E-state index contributed by atoms with van der Waals surface area (Å²) in [5, 5.41) is 2.48. The summed E-state index contributed by atoms with van der Waals surface area (Å²) in [6.45, 7) is 0.491. The molecule has 2 amide bonds. The lowest BCUT2D eigenvalue weighted by atomic mass is 9.97. The van der Waals surface area contributed by atoms with Crippen LogP contribution in [0.25, 0.3) is 0 Å². The van der Waals surface area contributed by atoms with Crippen LogP contribution in [0.5, 0.6) is 11.5 Å². The van der Waals surface area contributed by atoms with E-state index >= 15 is 0 Å². The number of nitrogens with one attached hydrogen (secondary N) is 1. The maximum absolute atomic E-state index is 12.8. The number of carbonyl (C=O) groups excluding carboxylic acids is 2. The molecule has 2 aromatic carbocycles. The second-order valence-corrected chi connectivity index (χ2v) is 6.54. The van der Waals surface area contributed by atoms with Gasteiger partial charge in [-0.3, -0.25) is 9.59 Å². The number of amides is 2. The fraction of sp³-hybridized carbons (Fsp3) is 0.263. The van der Waals surface area contributed by atoms with Gasteiger partial charge in [0.1, 0.15) is 0 Å². The summed E-state index contributed by atoms with van der Waals surface area (Å²) in [6.07, 6.45) is -4.48. The van der Waals surface area contributed by atoms with Crippen LogP contribution < -0.4 is 14.8 Å². The minimum atomic E-state index is -4.48. The third-order valence-electron chi connectivity index (χ3n) is 4.62. The highest BCUT2D eigenvalue weighted by Crippen LogP contribution is 2.34. The van der Waals surface area contributed by atoms with Crippen molar-refractivity contribution in [3.05, 3.63) is 53.6 Å². The van der Waals surface area contributed by atoms with E-state index in [1.165, 1.54) is 17.0 Å². The van der Waals surface area contributed by atoms with Crippen LogP contribution in [0.15, 0.2) is 42.5 Å². The SMILES string of the molecule is O=C(Nc1cccc(C(F)(F)F)c1)C1CN(C(=O)c2ccc3c(c2)OCO3)C1. The molecule has 0 spiro atoms. The van der Waals surface area contributed by atoms with Crippen LogP contribution in [-0.2, 0) is 11.0 Å². The molecule has 0 saturated carbocycles. The van der Waals surface area contributed by atoms with Crippen LogP contribution in [0, 0.1) is 5.92 Å². The number of fused-ring (bicyclic) bond motifs is 1. The van der Waals surface area contributed by atoms with E-state index in [0.717, 1.165) is 12.1 Å². The van der Waals surface area contributed by atoms with Crippen LogP contribution in [0.4, 0.5) is 18.9 Å². The highest BCUT2D eigenvalue weighted by atomic mass is 19.4. The molecule has 2 aliphatic heterocycles. The molecular formula is C19H15F3N2O4. The number of hydrogen-bond donors (Lipinski definition) is 1. The molecule has 0 unspecified atom stereocenters.